The molecule has 2 aromatic heterocycles. The molecular weight excluding hydrogens is 224 g/mol. The number of aromatic nitrogens is 2. The second-order valence-corrected chi connectivity index (χ2v) is 4.65. The van der Waals surface area contributed by atoms with Crippen LogP contribution in [0.5, 0.6) is 0 Å². The molecule has 2 aromatic rings. The molecule has 1 fully saturated rings. The molecule has 3 heterocycles. The molecule has 0 amide bonds. The molecular formula is C10H12N4OS. The molecule has 5 nitrogen and oxygen atoms in total. The van der Waals surface area contributed by atoms with Crippen molar-refractivity contribution in [3.63, 3.8) is 0 Å². The summed E-state index contributed by atoms with van der Waals surface area (Å²) in [7, 11) is 0. The molecule has 84 valence electrons. The number of pyridine rings is 1. The summed E-state index contributed by atoms with van der Waals surface area (Å²) in [5.41, 5.74) is 6.53. The third-order valence-corrected chi connectivity index (χ3v) is 3.39. The van der Waals surface area contributed by atoms with Crippen LogP contribution in [-0.2, 0) is 4.74 Å². The van der Waals surface area contributed by atoms with E-state index in [0.29, 0.717) is 5.13 Å². The third kappa shape index (κ3) is 1.70. The van der Waals surface area contributed by atoms with Crippen LogP contribution in [0.25, 0.3) is 10.3 Å². The number of anilines is 2. The lowest BCUT2D eigenvalue weighted by atomic mass is 10.3. The van der Waals surface area contributed by atoms with E-state index in [4.69, 9.17) is 10.5 Å². The van der Waals surface area contributed by atoms with Crippen LogP contribution < -0.4 is 10.6 Å². The first kappa shape index (κ1) is 9.80. The summed E-state index contributed by atoms with van der Waals surface area (Å²) in [5.74, 6) is 0.986. The average Bonchev–Trinajstić information content (AvgIpc) is 2.69. The van der Waals surface area contributed by atoms with Crippen LogP contribution in [0.15, 0.2) is 12.1 Å². The molecule has 1 aliphatic heterocycles. The first-order chi connectivity index (χ1) is 7.83. The van der Waals surface area contributed by atoms with Gasteiger partial charge in [-0.3, -0.25) is 0 Å². The lowest BCUT2D eigenvalue weighted by molar-refractivity contribution is 0.122. The van der Waals surface area contributed by atoms with Gasteiger partial charge in [0, 0.05) is 13.1 Å². The largest absolute Gasteiger partial charge is 0.378 e. The van der Waals surface area contributed by atoms with Crippen molar-refractivity contribution in [3.05, 3.63) is 12.1 Å². The first-order valence-electron chi connectivity index (χ1n) is 5.19. The highest BCUT2D eigenvalue weighted by atomic mass is 32.1. The van der Waals surface area contributed by atoms with Gasteiger partial charge < -0.3 is 15.4 Å². The Kier molecular flexibility index (Phi) is 2.37. The van der Waals surface area contributed by atoms with E-state index in [9.17, 15) is 0 Å². The molecule has 0 bridgehead atoms. The van der Waals surface area contributed by atoms with Gasteiger partial charge in [-0.1, -0.05) is 11.3 Å². The van der Waals surface area contributed by atoms with Crippen LogP contribution in [-0.4, -0.2) is 36.3 Å². The van der Waals surface area contributed by atoms with Gasteiger partial charge in [-0.2, -0.15) is 0 Å². The Bertz CT molecular complexity index is 506. The fraction of sp³-hybridized carbons (Fsp3) is 0.400. The average molecular weight is 236 g/mol. The Morgan fingerprint density at radius 1 is 1.25 bits per heavy atom. The molecule has 0 spiro atoms. The number of hydrogen-bond acceptors (Lipinski definition) is 6. The maximum Gasteiger partial charge on any atom is 0.182 e. The number of nitrogens with two attached hydrogens (primary N) is 1. The number of hydrogen-bond donors (Lipinski definition) is 1. The van der Waals surface area contributed by atoms with E-state index in [1.54, 1.807) is 0 Å². The Hall–Kier alpha value is -1.40. The van der Waals surface area contributed by atoms with Crippen LogP contribution in [0.1, 0.15) is 0 Å². The van der Waals surface area contributed by atoms with Gasteiger partial charge in [-0.25, -0.2) is 9.97 Å². The lowest BCUT2D eigenvalue weighted by Crippen LogP contribution is -2.36. The van der Waals surface area contributed by atoms with E-state index in [0.717, 1.165) is 42.5 Å². The summed E-state index contributed by atoms with van der Waals surface area (Å²) in [5, 5.41) is 0.571. The Labute approximate surface area is 96.9 Å². The normalized spacial score (nSPS) is 16.9. The third-order valence-electron chi connectivity index (χ3n) is 2.59. The molecule has 6 heteroatoms. The van der Waals surface area contributed by atoms with Gasteiger partial charge in [0.05, 0.1) is 13.2 Å². The van der Waals surface area contributed by atoms with Gasteiger partial charge in [-0.15, -0.1) is 0 Å². The van der Waals surface area contributed by atoms with Gasteiger partial charge in [0.2, 0.25) is 0 Å². The maximum absolute atomic E-state index is 5.65. The van der Waals surface area contributed by atoms with Crippen molar-refractivity contribution in [1.82, 2.24) is 9.97 Å². The highest BCUT2D eigenvalue weighted by Crippen LogP contribution is 2.24. The Morgan fingerprint density at radius 3 is 2.88 bits per heavy atom. The van der Waals surface area contributed by atoms with E-state index in [1.165, 1.54) is 11.3 Å². The van der Waals surface area contributed by atoms with E-state index in [-0.39, 0.29) is 0 Å². The molecule has 1 saturated heterocycles. The predicted molar refractivity (Wildman–Crippen MR) is 64.9 cm³/mol. The number of nitrogen functional groups attached to an aromatic ring is 1. The smallest absolute Gasteiger partial charge is 0.182 e. The van der Waals surface area contributed by atoms with Gasteiger partial charge in [0.25, 0.3) is 0 Å². The zero-order valence-corrected chi connectivity index (χ0v) is 9.54. The van der Waals surface area contributed by atoms with Crippen molar-refractivity contribution in [3.8, 4) is 0 Å². The molecule has 2 N–H and O–H groups in total. The van der Waals surface area contributed by atoms with Crippen LogP contribution in [0, 0.1) is 0 Å². The van der Waals surface area contributed by atoms with E-state index in [1.807, 2.05) is 12.1 Å². The number of ether oxygens (including phenoxy) is 1. The molecule has 0 saturated carbocycles. The van der Waals surface area contributed by atoms with Gasteiger partial charge in [0.1, 0.15) is 16.2 Å². The minimum Gasteiger partial charge on any atom is -0.378 e. The quantitative estimate of drug-likeness (QED) is 0.803. The molecule has 3 rings (SSSR count). The lowest BCUT2D eigenvalue weighted by Gasteiger charge is -2.27. The highest BCUT2D eigenvalue weighted by Gasteiger charge is 2.13. The molecule has 0 radical (unpaired) electrons. The minimum atomic E-state index is 0.571. The maximum atomic E-state index is 5.65. The van der Waals surface area contributed by atoms with Crippen LogP contribution >= 0.6 is 11.3 Å². The SMILES string of the molecule is Nc1nc2ccc(N3CCOCC3)nc2s1. The van der Waals surface area contributed by atoms with Gasteiger partial charge >= 0.3 is 0 Å². The number of rotatable bonds is 1. The van der Waals surface area contributed by atoms with Crippen LogP contribution in [0.4, 0.5) is 10.9 Å². The number of thiazole rings is 1. The van der Waals surface area contributed by atoms with Crippen molar-refractivity contribution in [2.24, 2.45) is 0 Å². The first-order valence-corrected chi connectivity index (χ1v) is 6.00. The van der Waals surface area contributed by atoms with Crippen LogP contribution in [0.2, 0.25) is 0 Å². The Morgan fingerprint density at radius 2 is 2.06 bits per heavy atom. The molecule has 0 aromatic carbocycles. The van der Waals surface area contributed by atoms with Crippen molar-refractivity contribution in [2.45, 2.75) is 0 Å². The van der Waals surface area contributed by atoms with E-state index >= 15 is 0 Å². The zero-order chi connectivity index (χ0) is 11.0. The molecule has 0 atom stereocenters. The number of nitrogens with zero attached hydrogens (tertiary/aromatic N) is 3. The second-order valence-electron chi connectivity index (χ2n) is 3.65. The molecule has 1 aliphatic rings. The summed E-state index contributed by atoms with van der Waals surface area (Å²) in [4.78, 5) is 11.9. The monoisotopic (exact) mass is 236 g/mol. The Balaban J connectivity index is 1.97. The van der Waals surface area contributed by atoms with Crippen molar-refractivity contribution in [1.29, 1.82) is 0 Å². The fourth-order valence-corrected chi connectivity index (χ4v) is 2.49. The van der Waals surface area contributed by atoms with Crippen LogP contribution in [0.3, 0.4) is 0 Å². The molecule has 0 aliphatic carbocycles. The van der Waals surface area contributed by atoms with Crippen molar-refractivity contribution in [2.75, 3.05) is 36.9 Å². The standard InChI is InChI=1S/C10H12N4OS/c11-10-12-7-1-2-8(13-9(7)16-10)14-3-5-15-6-4-14/h1-2H,3-6H2,(H2,11,12). The van der Waals surface area contributed by atoms with Gasteiger partial charge in [-0.05, 0) is 12.1 Å². The number of morpholine rings is 1. The highest BCUT2D eigenvalue weighted by molar-refractivity contribution is 7.21. The summed E-state index contributed by atoms with van der Waals surface area (Å²) in [6.45, 7) is 3.33. The van der Waals surface area contributed by atoms with Crippen molar-refractivity contribution < 1.29 is 4.74 Å². The summed E-state index contributed by atoms with van der Waals surface area (Å²) in [6, 6.07) is 3.97. The molecule has 16 heavy (non-hydrogen) atoms. The molecule has 0 unspecified atom stereocenters. The van der Waals surface area contributed by atoms with Crippen molar-refractivity contribution >= 4 is 32.6 Å². The topological polar surface area (TPSA) is 64.3 Å². The summed E-state index contributed by atoms with van der Waals surface area (Å²) < 4.78 is 5.31. The summed E-state index contributed by atoms with van der Waals surface area (Å²) >= 11 is 1.43. The minimum absolute atomic E-state index is 0.571. The summed E-state index contributed by atoms with van der Waals surface area (Å²) in [6.07, 6.45) is 0. The fourth-order valence-electron chi connectivity index (χ4n) is 1.79. The number of fused-ring (bicyclic) bond motifs is 1. The predicted octanol–water partition coefficient (Wildman–Crippen LogP) is 1.11. The van der Waals surface area contributed by atoms with Gasteiger partial charge in [0.15, 0.2) is 5.13 Å². The van der Waals surface area contributed by atoms with E-state index in [2.05, 4.69) is 14.9 Å². The second kappa shape index (κ2) is 3.88. The zero-order valence-electron chi connectivity index (χ0n) is 8.72. The van der Waals surface area contributed by atoms with E-state index < -0.39 is 0 Å².